The molecule has 0 unspecified atom stereocenters. The number of amides is 3. The van der Waals surface area contributed by atoms with Gasteiger partial charge in [0.2, 0.25) is 11.8 Å². The van der Waals surface area contributed by atoms with Crippen molar-refractivity contribution in [3.05, 3.63) is 69.5 Å². The van der Waals surface area contributed by atoms with Crippen molar-refractivity contribution in [3.63, 3.8) is 0 Å². The van der Waals surface area contributed by atoms with Gasteiger partial charge in [0.25, 0.3) is 5.91 Å². The van der Waals surface area contributed by atoms with Crippen molar-refractivity contribution < 1.29 is 19.5 Å². The van der Waals surface area contributed by atoms with Crippen molar-refractivity contribution >= 4 is 45.0 Å². The lowest BCUT2D eigenvalue weighted by atomic mass is 9.85. The molecule has 4 rings (SSSR count). The van der Waals surface area contributed by atoms with Gasteiger partial charge in [-0.15, -0.1) is 11.3 Å². The van der Waals surface area contributed by atoms with Crippen LogP contribution in [0.25, 0.3) is 10.4 Å². The maximum absolute atomic E-state index is 13.8. The number of aliphatic hydroxyl groups is 1. The number of nitrogens with one attached hydrogen (secondary N) is 2. The molecule has 1 saturated heterocycles. The summed E-state index contributed by atoms with van der Waals surface area (Å²) in [7, 11) is 0. The lowest BCUT2D eigenvalue weighted by Crippen LogP contribution is -2.58. The first-order valence-corrected chi connectivity index (χ1v) is 14.7. The number of likely N-dealkylation sites (tertiary alicyclic amines) is 1. The summed E-state index contributed by atoms with van der Waals surface area (Å²) in [6.45, 7) is 9.37. The fourth-order valence-corrected chi connectivity index (χ4v) is 5.90. The largest absolute Gasteiger partial charge is 0.391 e. The molecule has 40 heavy (non-hydrogen) atoms. The maximum Gasteiger partial charge on any atom is 0.270 e. The predicted molar refractivity (Wildman–Crippen MR) is 158 cm³/mol. The quantitative estimate of drug-likeness (QED) is 0.359. The average Bonchev–Trinajstić information content (AvgIpc) is 3.51. The van der Waals surface area contributed by atoms with Gasteiger partial charge in [-0.25, -0.2) is 4.98 Å². The SMILES string of the molecule is Cc1ncsc1-c1ccc([C@H](C)NC(=O)[C@@H]2C[C@@H](O)CN2C(=O)[C@@H](NC(=O)c2cc(Br)ccn2)C(C)(C)C)cc1. The lowest BCUT2D eigenvalue weighted by Gasteiger charge is -2.35. The topological polar surface area (TPSA) is 125 Å². The minimum Gasteiger partial charge on any atom is -0.391 e. The molecule has 3 amide bonds. The van der Waals surface area contributed by atoms with Crippen LogP contribution in [0.1, 0.15) is 61.9 Å². The second-order valence-electron chi connectivity index (χ2n) is 11.1. The monoisotopic (exact) mass is 627 g/mol. The number of carbonyl (C=O) groups excluding carboxylic acids is 3. The molecule has 11 heteroatoms. The van der Waals surface area contributed by atoms with Gasteiger partial charge in [0.15, 0.2) is 0 Å². The Morgan fingerprint density at radius 2 is 1.82 bits per heavy atom. The van der Waals surface area contributed by atoms with Gasteiger partial charge in [-0.3, -0.25) is 19.4 Å². The predicted octanol–water partition coefficient (Wildman–Crippen LogP) is 4.26. The molecule has 3 N–H and O–H groups in total. The molecule has 3 heterocycles. The molecule has 212 valence electrons. The molecule has 1 fully saturated rings. The summed E-state index contributed by atoms with van der Waals surface area (Å²) in [5, 5.41) is 16.3. The van der Waals surface area contributed by atoms with Crippen LogP contribution in [0.15, 0.2) is 52.6 Å². The molecular weight excluding hydrogens is 594 g/mol. The van der Waals surface area contributed by atoms with Gasteiger partial charge < -0.3 is 20.6 Å². The molecule has 1 aliphatic heterocycles. The van der Waals surface area contributed by atoms with E-state index in [2.05, 4.69) is 36.5 Å². The number of nitrogens with zero attached hydrogens (tertiary/aromatic N) is 3. The van der Waals surface area contributed by atoms with E-state index in [-0.39, 0.29) is 30.6 Å². The van der Waals surface area contributed by atoms with E-state index in [0.29, 0.717) is 4.47 Å². The smallest absolute Gasteiger partial charge is 0.270 e. The normalized spacial score (nSPS) is 18.7. The Kier molecular flexibility index (Phi) is 9.06. The maximum atomic E-state index is 13.8. The summed E-state index contributed by atoms with van der Waals surface area (Å²) in [4.78, 5) is 51.1. The van der Waals surface area contributed by atoms with Crippen molar-refractivity contribution in [1.29, 1.82) is 0 Å². The highest BCUT2D eigenvalue weighted by atomic mass is 79.9. The lowest BCUT2D eigenvalue weighted by molar-refractivity contribution is -0.142. The number of pyridine rings is 1. The third-order valence-electron chi connectivity index (χ3n) is 6.98. The van der Waals surface area contributed by atoms with Crippen molar-refractivity contribution in [2.45, 2.75) is 65.3 Å². The van der Waals surface area contributed by atoms with Gasteiger partial charge >= 0.3 is 0 Å². The Balaban J connectivity index is 1.48. The number of hydrogen-bond donors (Lipinski definition) is 3. The minimum absolute atomic E-state index is 0.00574. The molecule has 3 aromatic rings. The van der Waals surface area contributed by atoms with Gasteiger partial charge in [-0.05, 0) is 42.5 Å². The molecule has 4 atom stereocenters. The van der Waals surface area contributed by atoms with Crippen LogP contribution in [0, 0.1) is 12.3 Å². The fraction of sp³-hybridized carbons (Fsp3) is 0.414. The second kappa shape index (κ2) is 12.2. The minimum atomic E-state index is -0.943. The number of hydrogen-bond acceptors (Lipinski definition) is 7. The molecule has 1 aromatic carbocycles. The number of aromatic nitrogens is 2. The first-order chi connectivity index (χ1) is 18.8. The molecule has 1 aliphatic rings. The zero-order valence-electron chi connectivity index (χ0n) is 23.1. The van der Waals surface area contributed by atoms with Crippen molar-refractivity contribution in [2.75, 3.05) is 6.54 Å². The van der Waals surface area contributed by atoms with Gasteiger partial charge in [0.05, 0.1) is 28.2 Å². The number of halogens is 1. The van der Waals surface area contributed by atoms with E-state index < -0.39 is 35.4 Å². The Hall–Kier alpha value is -3.15. The van der Waals surface area contributed by atoms with Crippen molar-refractivity contribution in [3.8, 4) is 10.4 Å². The van der Waals surface area contributed by atoms with E-state index in [9.17, 15) is 19.5 Å². The number of benzene rings is 1. The highest BCUT2D eigenvalue weighted by Crippen LogP contribution is 2.29. The van der Waals surface area contributed by atoms with Gasteiger partial charge in [-0.1, -0.05) is 61.0 Å². The number of aryl methyl sites for hydroxylation is 1. The summed E-state index contributed by atoms with van der Waals surface area (Å²) >= 11 is 4.91. The number of β-amino-alcohol motifs (C(OH)–C–C–N with tert-alkyl or cyclic N) is 1. The van der Waals surface area contributed by atoms with Crippen LogP contribution in [0.5, 0.6) is 0 Å². The summed E-state index contributed by atoms with van der Waals surface area (Å²) in [5.74, 6) is -1.28. The standard InChI is InChI=1S/C29H34BrN5O4S/c1-16(18-6-8-19(9-7-18)24-17(2)32-15-40-24)33-27(38)23-13-21(36)14-35(23)28(39)25(29(3,4)5)34-26(37)22-12-20(30)10-11-31-22/h6-12,15-16,21,23,25,36H,13-14H2,1-5H3,(H,33,38)(H,34,37)/t16-,21+,23-,25+/m0/s1. The average molecular weight is 629 g/mol. The van der Waals surface area contributed by atoms with E-state index in [1.165, 1.54) is 11.1 Å². The van der Waals surface area contributed by atoms with E-state index in [1.54, 1.807) is 23.5 Å². The van der Waals surface area contributed by atoms with E-state index >= 15 is 0 Å². The van der Waals surface area contributed by atoms with Gasteiger partial charge in [0.1, 0.15) is 17.8 Å². The highest BCUT2D eigenvalue weighted by molar-refractivity contribution is 9.10. The highest BCUT2D eigenvalue weighted by Gasteiger charge is 2.44. The number of aliphatic hydroxyl groups excluding tert-OH is 1. The van der Waals surface area contributed by atoms with Gasteiger partial charge in [-0.2, -0.15) is 0 Å². The Morgan fingerprint density at radius 1 is 1.12 bits per heavy atom. The summed E-state index contributed by atoms with van der Waals surface area (Å²) in [5.41, 5.74) is 4.26. The summed E-state index contributed by atoms with van der Waals surface area (Å²) in [6, 6.07) is 9.09. The van der Waals surface area contributed by atoms with E-state index in [4.69, 9.17) is 0 Å². The molecule has 0 bridgehead atoms. The zero-order valence-corrected chi connectivity index (χ0v) is 25.5. The Bertz CT molecular complexity index is 1390. The second-order valence-corrected chi connectivity index (χ2v) is 12.9. The van der Waals surface area contributed by atoms with Crippen LogP contribution in [0.4, 0.5) is 0 Å². The number of rotatable bonds is 7. The van der Waals surface area contributed by atoms with E-state index in [0.717, 1.165) is 21.7 Å². The molecule has 0 saturated carbocycles. The van der Waals surface area contributed by atoms with Crippen molar-refractivity contribution in [1.82, 2.24) is 25.5 Å². The Labute approximate surface area is 246 Å². The fourth-order valence-electron chi connectivity index (χ4n) is 4.75. The molecule has 9 nitrogen and oxygen atoms in total. The van der Waals surface area contributed by atoms with Crippen LogP contribution in [-0.2, 0) is 9.59 Å². The molecular formula is C29H34BrN5O4S. The molecule has 0 spiro atoms. The summed E-state index contributed by atoms with van der Waals surface area (Å²) < 4.78 is 0.688. The van der Waals surface area contributed by atoms with E-state index in [1.807, 2.05) is 64.4 Å². The molecule has 0 aliphatic carbocycles. The Morgan fingerprint density at radius 3 is 2.42 bits per heavy atom. The van der Waals surface area contributed by atoms with Crippen molar-refractivity contribution in [2.24, 2.45) is 5.41 Å². The zero-order chi connectivity index (χ0) is 29.2. The van der Waals surface area contributed by atoms with Crippen LogP contribution in [0.3, 0.4) is 0 Å². The first kappa shape index (κ1) is 29.8. The van der Waals surface area contributed by atoms with Crippen LogP contribution in [0.2, 0.25) is 0 Å². The summed E-state index contributed by atoms with van der Waals surface area (Å²) in [6.07, 6.45) is 0.769. The number of carbonyl (C=O) groups is 3. The van der Waals surface area contributed by atoms with Gasteiger partial charge in [0, 0.05) is 23.6 Å². The van der Waals surface area contributed by atoms with Crippen LogP contribution in [-0.4, -0.2) is 62.4 Å². The first-order valence-electron chi connectivity index (χ1n) is 13.1. The van der Waals surface area contributed by atoms with Crippen LogP contribution >= 0.6 is 27.3 Å². The number of thiazole rings is 1. The molecule has 0 radical (unpaired) electrons. The third kappa shape index (κ3) is 6.76. The molecule has 2 aromatic heterocycles. The van der Waals surface area contributed by atoms with Crippen LogP contribution < -0.4 is 10.6 Å². The third-order valence-corrected chi connectivity index (χ3v) is 8.46.